The van der Waals surface area contributed by atoms with Crippen molar-refractivity contribution >= 4 is 16.9 Å². The van der Waals surface area contributed by atoms with Gasteiger partial charge in [-0.3, -0.25) is 0 Å². The maximum atomic E-state index is 11.3. The summed E-state index contributed by atoms with van der Waals surface area (Å²) in [6, 6.07) is 5.45. The number of fused-ring (bicyclic) bond motifs is 1. The van der Waals surface area contributed by atoms with Gasteiger partial charge < -0.3 is 14.6 Å². The molecule has 0 unspecified atom stereocenters. The van der Waals surface area contributed by atoms with Gasteiger partial charge in [0.25, 0.3) is 0 Å². The molecule has 4 nitrogen and oxygen atoms in total. The Balaban J connectivity index is 2.72. The summed E-state index contributed by atoms with van der Waals surface area (Å²) >= 11 is 0. The van der Waals surface area contributed by atoms with Gasteiger partial charge in [0.1, 0.15) is 0 Å². The molecule has 0 spiro atoms. The van der Waals surface area contributed by atoms with Crippen molar-refractivity contribution in [3.63, 3.8) is 0 Å². The topological polar surface area (TPSA) is 45.5 Å². The van der Waals surface area contributed by atoms with Crippen LogP contribution in [-0.2, 0) is 13.1 Å². The summed E-state index contributed by atoms with van der Waals surface area (Å²) in [5.41, 5.74) is 2.45. The molecule has 1 heterocycles. The largest absolute Gasteiger partial charge is 0.478 e. The second-order valence-electron chi connectivity index (χ2n) is 4.68. The van der Waals surface area contributed by atoms with Crippen molar-refractivity contribution in [1.82, 2.24) is 9.47 Å². The number of hydrogen-bond donors (Lipinski definition) is 1. The summed E-state index contributed by atoms with van der Waals surface area (Å²) in [7, 11) is 3.97. The van der Waals surface area contributed by atoms with E-state index in [1.165, 1.54) is 0 Å². The molecule has 2 rings (SSSR count). The zero-order valence-electron chi connectivity index (χ0n) is 11.0. The van der Waals surface area contributed by atoms with E-state index in [0.717, 1.165) is 29.6 Å². The summed E-state index contributed by atoms with van der Waals surface area (Å²) in [6.07, 6.45) is 2.05. The molecule has 0 atom stereocenters. The maximum absolute atomic E-state index is 11.3. The molecule has 1 aromatic carbocycles. The monoisotopic (exact) mass is 246 g/mol. The van der Waals surface area contributed by atoms with Crippen molar-refractivity contribution in [2.24, 2.45) is 0 Å². The molecule has 0 bridgehead atoms. The fourth-order valence-electron chi connectivity index (χ4n) is 2.34. The number of aromatic nitrogens is 1. The second-order valence-corrected chi connectivity index (χ2v) is 4.68. The molecular formula is C14H18N2O2. The van der Waals surface area contributed by atoms with Gasteiger partial charge in [-0.1, -0.05) is 6.07 Å². The van der Waals surface area contributed by atoms with E-state index >= 15 is 0 Å². The maximum Gasteiger partial charge on any atom is 0.336 e. The summed E-state index contributed by atoms with van der Waals surface area (Å²) in [4.78, 5) is 13.4. The first-order chi connectivity index (χ1) is 8.54. The highest BCUT2D eigenvalue weighted by atomic mass is 16.4. The number of carbonyl (C=O) groups is 1. The van der Waals surface area contributed by atoms with Crippen molar-refractivity contribution in [3.05, 3.63) is 35.5 Å². The van der Waals surface area contributed by atoms with Crippen LogP contribution in [0.3, 0.4) is 0 Å². The number of benzene rings is 1. The molecule has 4 heteroatoms. The summed E-state index contributed by atoms with van der Waals surface area (Å²) < 4.78 is 2.10. The number of rotatable bonds is 4. The van der Waals surface area contributed by atoms with Gasteiger partial charge >= 0.3 is 5.97 Å². The minimum Gasteiger partial charge on any atom is -0.478 e. The van der Waals surface area contributed by atoms with Crippen molar-refractivity contribution in [3.8, 4) is 0 Å². The van der Waals surface area contributed by atoms with Crippen molar-refractivity contribution in [1.29, 1.82) is 0 Å². The molecule has 0 fully saturated rings. The zero-order chi connectivity index (χ0) is 13.3. The molecule has 0 saturated carbocycles. The Hall–Kier alpha value is -1.81. The van der Waals surface area contributed by atoms with E-state index in [0.29, 0.717) is 5.56 Å². The lowest BCUT2D eigenvalue weighted by Crippen LogP contribution is -2.11. The smallest absolute Gasteiger partial charge is 0.336 e. The molecule has 0 radical (unpaired) electrons. The SMILES string of the molecule is CCn1cc(CN(C)C)c2c(C(=O)O)cccc21. The lowest BCUT2D eigenvalue weighted by Gasteiger charge is -2.09. The molecule has 0 aliphatic rings. The van der Waals surface area contributed by atoms with E-state index in [9.17, 15) is 9.90 Å². The zero-order valence-corrected chi connectivity index (χ0v) is 11.0. The Morgan fingerprint density at radius 3 is 2.67 bits per heavy atom. The van der Waals surface area contributed by atoms with Crippen LogP contribution in [0, 0.1) is 0 Å². The van der Waals surface area contributed by atoms with Gasteiger partial charge in [0.05, 0.1) is 5.56 Å². The Kier molecular flexibility index (Phi) is 3.39. The van der Waals surface area contributed by atoms with E-state index in [2.05, 4.69) is 17.7 Å². The minimum atomic E-state index is -0.866. The van der Waals surface area contributed by atoms with Crippen LogP contribution in [0.4, 0.5) is 0 Å². The molecule has 0 saturated heterocycles. The van der Waals surface area contributed by atoms with Gasteiger partial charge in [0.15, 0.2) is 0 Å². The standard InChI is InChI=1S/C14H18N2O2/c1-4-16-9-10(8-15(2)3)13-11(14(17)18)6-5-7-12(13)16/h5-7,9H,4,8H2,1-3H3,(H,17,18). The van der Waals surface area contributed by atoms with Crippen LogP contribution in [-0.4, -0.2) is 34.6 Å². The Morgan fingerprint density at radius 1 is 1.39 bits per heavy atom. The number of carboxylic acid groups (broad SMARTS) is 1. The normalized spacial score (nSPS) is 11.3. The van der Waals surface area contributed by atoms with Crippen molar-refractivity contribution in [2.45, 2.75) is 20.0 Å². The van der Waals surface area contributed by atoms with Crippen molar-refractivity contribution in [2.75, 3.05) is 14.1 Å². The predicted molar refractivity (Wildman–Crippen MR) is 72.0 cm³/mol. The molecule has 96 valence electrons. The van der Waals surface area contributed by atoms with Crippen molar-refractivity contribution < 1.29 is 9.90 Å². The van der Waals surface area contributed by atoms with Crippen LogP contribution < -0.4 is 0 Å². The van der Waals surface area contributed by atoms with Gasteiger partial charge in [-0.25, -0.2) is 4.79 Å². The third-order valence-corrected chi connectivity index (χ3v) is 3.04. The highest BCUT2D eigenvalue weighted by Gasteiger charge is 2.15. The average Bonchev–Trinajstić information content (AvgIpc) is 2.66. The number of hydrogen-bond acceptors (Lipinski definition) is 2. The van der Waals surface area contributed by atoms with Gasteiger partial charge in [-0.15, -0.1) is 0 Å². The fourth-order valence-corrected chi connectivity index (χ4v) is 2.34. The number of nitrogens with zero attached hydrogens (tertiary/aromatic N) is 2. The summed E-state index contributed by atoms with van der Waals surface area (Å²) in [6.45, 7) is 3.65. The first kappa shape index (κ1) is 12.6. The molecule has 0 aliphatic heterocycles. The van der Waals surface area contributed by atoms with Crippen LogP contribution >= 0.6 is 0 Å². The second kappa shape index (κ2) is 4.82. The summed E-state index contributed by atoms with van der Waals surface area (Å²) in [5, 5.41) is 10.2. The number of aryl methyl sites for hydroxylation is 1. The lowest BCUT2D eigenvalue weighted by atomic mass is 10.1. The number of aromatic carboxylic acids is 1. The Labute approximate surface area is 106 Å². The molecule has 1 aromatic heterocycles. The quantitative estimate of drug-likeness (QED) is 0.901. The highest BCUT2D eigenvalue weighted by molar-refractivity contribution is 6.04. The van der Waals surface area contributed by atoms with Gasteiger partial charge in [-0.05, 0) is 38.7 Å². The third-order valence-electron chi connectivity index (χ3n) is 3.04. The molecule has 1 N–H and O–H groups in total. The van der Waals surface area contributed by atoms with E-state index < -0.39 is 5.97 Å². The van der Waals surface area contributed by atoms with E-state index in [4.69, 9.17) is 0 Å². The summed E-state index contributed by atoms with van der Waals surface area (Å²) in [5.74, 6) is -0.866. The van der Waals surface area contributed by atoms with E-state index in [-0.39, 0.29) is 0 Å². The van der Waals surface area contributed by atoms with Crippen LogP contribution in [0.15, 0.2) is 24.4 Å². The lowest BCUT2D eigenvalue weighted by molar-refractivity contribution is 0.0699. The van der Waals surface area contributed by atoms with E-state index in [1.807, 2.05) is 25.1 Å². The average molecular weight is 246 g/mol. The van der Waals surface area contributed by atoms with Gasteiger partial charge in [0, 0.05) is 30.2 Å². The first-order valence-electron chi connectivity index (χ1n) is 6.03. The molecule has 18 heavy (non-hydrogen) atoms. The Bertz CT molecular complexity index is 585. The minimum absolute atomic E-state index is 0.386. The predicted octanol–water partition coefficient (Wildman–Crippen LogP) is 2.42. The molecule has 0 aliphatic carbocycles. The third kappa shape index (κ3) is 2.11. The van der Waals surface area contributed by atoms with Crippen LogP contribution in [0.25, 0.3) is 10.9 Å². The van der Waals surface area contributed by atoms with Crippen LogP contribution in [0.1, 0.15) is 22.8 Å². The van der Waals surface area contributed by atoms with Crippen LogP contribution in [0.5, 0.6) is 0 Å². The molecular weight excluding hydrogens is 228 g/mol. The number of carboxylic acids is 1. The van der Waals surface area contributed by atoms with E-state index in [1.54, 1.807) is 12.1 Å². The van der Waals surface area contributed by atoms with Crippen LogP contribution in [0.2, 0.25) is 0 Å². The van der Waals surface area contributed by atoms with Gasteiger partial charge in [-0.2, -0.15) is 0 Å². The first-order valence-corrected chi connectivity index (χ1v) is 6.03. The highest BCUT2D eigenvalue weighted by Crippen LogP contribution is 2.26. The Morgan fingerprint density at radius 2 is 2.11 bits per heavy atom. The van der Waals surface area contributed by atoms with Gasteiger partial charge in [0.2, 0.25) is 0 Å². The molecule has 0 amide bonds. The fraction of sp³-hybridized carbons (Fsp3) is 0.357. The molecule has 2 aromatic rings.